The van der Waals surface area contributed by atoms with Gasteiger partial charge in [0.05, 0.1) is 5.88 Å². The van der Waals surface area contributed by atoms with Crippen molar-refractivity contribution in [1.82, 2.24) is 0 Å². The Bertz CT molecular complexity index is 761. The van der Waals surface area contributed by atoms with Gasteiger partial charge in [0.2, 0.25) is 0 Å². The summed E-state index contributed by atoms with van der Waals surface area (Å²) in [5.41, 5.74) is 1.56. The molecule has 2 rings (SSSR count). The lowest BCUT2D eigenvalue weighted by Gasteiger charge is -2.26. The Morgan fingerprint density at radius 2 is 1.24 bits per heavy atom. The quantitative estimate of drug-likeness (QED) is 0.580. The third-order valence-corrected chi connectivity index (χ3v) is 4.91. The van der Waals surface area contributed by atoms with Crippen LogP contribution in [0.25, 0.3) is 0 Å². The van der Waals surface area contributed by atoms with Crippen molar-refractivity contribution < 1.29 is 32.9 Å². The Hall–Kier alpha value is -1.96. The first-order chi connectivity index (χ1) is 13.5. The molecule has 0 saturated carbocycles. The molecule has 29 heavy (non-hydrogen) atoms. The van der Waals surface area contributed by atoms with E-state index in [1.807, 2.05) is 26.0 Å². The Balaban J connectivity index is 2.03. The minimum atomic E-state index is -4.71. The molecule has 0 aromatic heterocycles. The van der Waals surface area contributed by atoms with E-state index in [0.717, 1.165) is 11.1 Å². The highest BCUT2D eigenvalue weighted by molar-refractivity contribution is 6.18. The lowest BCUT2D eigenvalue weighted by molar-refractivity contribution is -0.210. The lowest BCUT2D eigenvalue weighted by atomic mass is 9.78. The van der Waals surface area contributed by atoms with Crippen molar-refractivity contribution in [3.63, 3.8) is 0 Å². The van der Waals surface area contributed by atoms with Gasteiger partial charge in [-0.1, -0.05) is 38.1 Å². The van der Waals surface area contributed by atoms with Gasteiger partial charge in [0, 0.05) is 5.41 Å². The van der Waals surface area contributed by atoms with Gasteiger partial charge in [0.15, 0.2) is 6.10 Å². The second-order valence-corrected chi connectivity index (χ2v) is 7.47. The molecule has 0 bridgehead atoms. The van der Waals surface area contributed by atoms with Gasteiger partial charge in [-0.05, 0) is 35.4 Å². The predicted molar refractivity (Wildman–Crippen MR) is 105 cm³/mol. The molecule has 4 nitrogen and oxygen atoms in total. The minimum absolute atomic E-state index is 0.0972. The summed E-state index contributed by atoms with van der Waals surface area (Å²) in [5, 5.41) is 18.4. The van der Waals surface area contributed by atoms with Gasteiger partial charge in [-0.3, -0.25) is 0 Å². The van der Waals surface area contributed by atoms with Crippen LogP contribution in [0.5, 0.6) is 11.5 Å². The fraction of sp³-hybridized carbons (Fsp3) is 0.429. The van der Waals surface area contributed by atoms with E-state index in [9.17, 15) is 18.3 Å². The molecule has 160 valence electrons. The van der Waals surface area contributed by atoms with Gasteiger partial charge in [-0.2, -0.15) is 13.2 Å². The van der Waals surface area contributed by atoms with Crippen molar-refractivity contribution in [2.24, 2.45) is 0 Å². The molecule has 0 radical (unpaired) electrons. The van der Waals surface area contributed by atoms with Crippen LogP contribution >= 0.6 is 11.6 Å². The SMILES string of the molecule is CC(C)(c1ccc(OC[C@@H](O)CCl)cc1)c1ccc(OC[C@@H](O)C(F)(F)F)cc1. The lowest BCUT2D eigenvalue weighted by Crippen LogP contribution is -2.34. The Kier molecular flexibility index (Phi) is 7.80. The van der Waals surface area contributed by atoms with Gasteiger partial charge in [0.1, 0.15) is 30.8 Å². The minimum Gasteiger partial charge on any atom is -0.491 e. The van der Waals surface area contributed by atoms with Gasteiger partial charge < -0.3 is 19.7 Å². The molecular formula is C21H24ClF3O4. The number of hydrogen-bond acceptors (Lipinski definition) is 4. The molecule has 8 heteroatoms. The van der Waals surface area contributed by atoms with Crippen LogP contribution in [0.4, 0.5) is 13.2 Å². The van der Waals surface area contributed by atoms with Gasteiger partial charge in [0.25, 0.3) is 0 Å². The van der Waals surface area contributed by atoms with E-state index >= 15 is 0 Å². The maximum absolute atomic E-state index is 12.3. The van der Waals surface area contributed by atoms with Crippen molar-refractivity contribution in [2.45, 2.75) is 37.6 Å². The number of aliphatic hydroxyl groups is 2. The van der Waals surface area contributed by atoms with Crippen LogP contribution in [0.15, 0.2) is 48.5 Å². The summed E-state index contributed by atoms with van der Waals surface area (Å²) >= 11 is 5.54. The molecule has 2 aromatic rings. The number of benzene rings is 2. The number of rotatable bonds is 9. The first-order valence-electron chi connectivity index (χ1n) is 8.99. The molecule has 0 saturated heterocycles. The zero-order valence-electron chi connectivity index (χ0n) is 16.1. The standard InChI is InChI=1S/C21H24ClF3O4/c1-20(2,14-3-7-17(8-4-14)28-12-16(26)11-22)15-5-9-18(10-6-15)29-13-19(27)21(23,24)25/h3-10,16,19,26-27H,11-13H2,1-2H3/t16-,19+/m0/s1. The summed E-state index contributed by atoms with van der Waals surface area (Å²) in [6, 6.07) is 14.1. The summed E-state index contributed by atoms with van der Waals surface area (Å²) in [4.78, 5) is 0. The van der Waals surface area contributed by atoms with Crippen LogP contribution in [0, 0.1) is 0 Å². The third-order valence-electron chi connectivity index (χ3n) is 4.56. The van der Waals surface area contributed by atoms with E-state index in [-0.39, 0.29) is 23.7 Å². The summed E-state index contributed by atoms with van der Waals surface area (Å²) in [6.07, 6.45) is -7.96. The highest BCUT2D eigenvalue weighted by Crippen LogP contribution is 2.33. The van der Waals surface area contributed by atoms with Gasteiger partial charge in [-0.25, -0.2) is 0 Å². The molecule has 2 aromatic carbocycles. The first kappa shape index (κ1) is 23.3. The molecule has 2 atom stereocenters. The summed E-state index contributed by atoms with van der Waals surface area (Å²) in [6.45, 7) is 3.29. The summed E-state index contributed by atoms with van der Waals surface area (Å²) in [7, 11) is 0. The zero-order valence-corrected chi connectivity index (χ0v) is 16.9. The number of alkyl halides is 4. The van der Waals surface area contributed by atoms with Gasteiger partial charge >= 0.3 is 6.18 Å². The monoisotopic (exact) mass is 432 g/mol. The maximum atomic E-state index is 12.3. The zero-order chi connectivity index (χ0) is 21.7. The van der Waals surface area contributed by atoms with Crippen LogP contribution in [-0.2, 0) is 5.41 Å². The number of ether oxygens (including phenoxy) is 2. The molecule has 0 aliphatic heterocycles. The Labute approximate surface area is 172 Å². The van der Waals surface area contributed by atoms with Crippen molar-refractivity contribution in [2.75, 3.05) is 19.1 Å². The normalized spacial score (nSPS) is 14.3. The summed E-state index contributed by atoms with van der Waals surface area (Å²) in [5.74, 6) is 0.954. The van der Waals surface area contributed by atoms with Crippen molar-refractivity contribution in [3.8, 4) is 11.5 Å². The van der Waals surface area contributed by atoms with E-state index in [0.29, 0.717) is 5.75 Å². The average Bonchev–Trinajstić information content (AvgIpc) is 2.70. The van der Waals surface area contributed by atoms with E-state index in [1.54, 1.807) is 36.4 Å². The highest BCUT2D eigenvalue weighted by Gasteiger charge is 2.38. The third kappa shape index (κ3) is 6.52. The molecule has 0 fully saturated rings. The molecule has 0 unspecified atom stereocenters. The van der Waals surface area contributed by atoms with Crippen molar-refractivity contribution in [1.29, 1.82) is 0 Å². The second kappa shape index (κ2) is 9.69. The molecule has 0 aliphatic carbocycles. The van der Waals surface area contributed by atoms with Crippen molar-refractivity contribution >= 4 is 11.6 Å². The second-order valence-electron chi connectivity index (χ2n) is 7.16. The molecule has 0 spiro atoms. The molecule has 0 aliphatic rings. The van der Waals surface area contributed by atoms with Crippen LogP contribution in [0.2, 0.25) is 0 Å². The number of hydrogen-bond donors (Lipinski definition) is 2. The Morgan fingerprint density at radius 3 is 1.62 bits per heavy atom. The smallest absolute Gasteiger partial charge is 0.417 e. The van der Waals surface area contributed by atoms with E-state index in [2.05, 4.69) is 0 Å². The predicted octanol–water partition coefficient (Wildman–Crippen LogP) is 4.29. The van der Waals surface area contributed by atoms with E-state index in [4.69, 9.17) is 26.2 Å². The fourth-order valence-corrected chi connectivity index (χ4v) is 2.70. The average molecular weight is 433 g/mol. The Morgan fingerprint density at radius 1 is 0.828 bits per heavy atom. The fourth-order valence-electron chi connectivity index (χ4n) is 2.61. The summed E-state index contributed by atoms with van der Waals surface area (Å²) < 4.78 is 47.5. The molecule has 0 heterocycles. The first-order valence-corrected chi connectivity index (χ1v) is 9.53. The highest BCUT2D eigenvalue weighted by atomic mass is 35.5. The number of halogens is 4. The largest absolute Gasteiger partial charge is 0.491 e. The van der Waals surface area contributed by atoms with Gasteiger partial charge in [-0.15, -0.1) is 11.6 Å². The van der Waals surface area contributed by atoms with Crippen molar-refractivity contribution in [3.05, 3.63) is 59.7 Å². The van der Waals surface area contributed by atoms with Crippen LogP contribution in [0.1, 0.15) is 25.0 Å². The molecule has 0 amide bonds. The topological polar surface area (TPSA) is 58.9 Å². The van der Waals surface area contributed by atoms with Crippen LogP contribution in [-0.4, -0.2) is 47.7 Å². The molecule has 2 N–H and O–H groups in total. The number of aliphatic hydroxyl groups excluding tert-OH is 2. The maximum Gasteiger partial charge on any atom is 0.417 e. The molecular weight excluding hydrogens is 409 g/mol. The van der Waals surface area contributed by atoms with Crippen LogP contribution < -0.4 is 9.47 Å². The van der Waals surface area contributed by atoms with E-state index in [1.165, 1.54) is 0 Å². The van der Waals surface area contributed by atoms with E-state index < -0.39 is 25.0 Å². The van der Waals surface area contributed by atoms with Crippen LogP contribution in [0.3, 0.4) is 0 Å².